The predicted molar refractivity (Wildman–Crippen MR) is 113 cm³/mol. The maximum atomic E-state index is 11.4. The van der Waals surface area contributed by atoms with Gasteiger partial charge in [-0.05, 0) is 12.8 Å². The minimum Gasteiger partial charge on any atom is -0.466 e. The molecule has 0 saturated heterocycles. The van der Waals surface area contributed by atoms with Gasteiger partial charge in [0.15, 0.2) is 0 Å². The molecule has 0 aromatic carbocycles. The van der Waals surface area contributed by atoms with Crippen LogP contribution in [-0.2, 0) is 23.8 Å². The number of methoxy groups -OCH3 is 1. The minimum absolute atomic E-state index is 0.0981. The van der Waals surface area contributed by atoms with Crippen molar-refractivity contribution in [3.63, 3.8) is 0 Å². The topological polar surface area (TPSA) is 61.8 Å². The summed E-state index contributed by atoms with van der Waals surface area (Å²) in [5.41, 5.74) is 0. The molecule has 0 aliphatic heterocycles. The third-order valence-electron chi connectivity index (χ3n) is 4.88. The highest BCUT2D eigenvalue weighted by atomic mass is 16.6. The van der Waals surface area contributed by atoms with Gasteiger partial charge in [0.1, 0.15) is 6.61 Å². The second kappa shape index (κ2) is 22.2. The lowest BCUT2D eigenvalue weighted by Crippen LogP contribution is -2.09. The highest BCUT2D eigenvalue weighted by molar-refractivity contribution is 5.69. The van der Waals surface area contributed by atoms with E-state index in [2.05, 4.69) is 0 Å². The quantitative estimate of drug-likeness (QED) is 0.175. The van der Waals surface area contributed by atoms with Gasteiger partial charge in [-0.1, -0.05) is 83.5 Å². The Bertz CT molecular complexity index is 357. The van der Waals surface area contributed by atoms with E-state index in [0.717, 1.165) is 19.3 Å². The molecule has 0 radical (unpaired) electrons. The summed E-state index contributed by atoms with van der Waals surface area (Å²) < 4.78 is 14.8. The monoisotopic (exact) mass is 400 g/mol. The van der Waals surface area contributed by atoms with Crippen LogP contribution in [0.4, 0.5) is 0 Å². The first kappa shape index (κ1) is 26.9. The van der Waals surface area contributed by atoms with Crippen molar-refractivity contribution in [2.75, 3.05) is 26.9 Å². The van der Waals surface area contributed by atoms with Crippen LogP contribution in [-0.4, -0.2) is 38.9 Å². The maximum Gasteiger partial charge on any atom is 0.305 e. The average molecular weight is 401 g/mol. The van der Waals surface area contributed by atoms with Gasteiger partial charge >= 0.3 is 11.9 Å². The van der Waals surface area contributed by atoms with Gasteiger partial charge in [-0.3, -0.25) is 9.59 Å². The molecule has 0 rings (SSSR count). The van der Waals surface area contributed by atoms with Gasteiger partial charge < -0.3 is 14.2 Å². The molecule has 5 heteroatoms. The number of hydrogen-bond donors (Lipinski definition) is 0. The van der Waals surface area contributed by atoms with Crippen molar-refractivity contribution in [1.29, 1.82) is 0 Å². The number of rotatable bonds is 21. The first-order chi connectivity index (χ1) is 13.7. The summed E-state index contributed by atoms with van der Waals surface area (Å²) in [6, 6.07) is 0. The van der Waals surface area contributed by atoms with Crippen LogP contribution in [0, 0.1) is 0 Å². The molecule has 0 amide bonds. The maximum absolute atomic E-state index is 11.4. The SMILES string of the molecule is COCCOC(=O)CCCCCCCCCCCCCCCCCOC(C)=O. The number of unbranched alkanes of at least 4 members (excludes halogenated alkanes) is 14. The molecule has 0 aliphatic carbocycles. The molecular formula is C23H44O5. The van der Waals surface area contributed by atoms with E-state index in [1.54, 1.807) is 7.11 Å². The van der Waals surface area contributed by atoms with Gasteiger partial charge in [-0.2, -0.15) is 0 Å². The molecule has 5 nitrogen and oxygen atoms in total. The third-order valence-corrected chi connectivity index (χ3v) is 4.88. The standard InChI is InChI=1S/C23H44O5/c1-22(24)27-19-17-15-13-11-9-7-5-3-4-6-8-10-12-14-16-18-23(25)28-21-20-26-2/h3-21H2,1-2H3. The van der Waals surface area contributed by atoms with Crippen molar-refractivity contribution in [1.82, 2.24) is 0 Å². The Morgan fingerprint density at radius 1 is 0.536 bits per heavy atom. The zero-order chi connectivity index (χ0) is 20.7. The Kier molecular flexibility index (Phi) is 21.3. The van der Waals surface area contributed by atoms with Crippen LogP contribution in [0.2, 0.25) is 0 Å². The van der Waals surface area contributed by atoms with E-state index < -0.39 is 0 Å². The Hall–Kier alpha value is -1.10. The normalized spacial score (nSPS) is 10.8. The number of carbonyl (C=O) groups is 2. The summed E-state index contributed by atoms with van der Waals surface area (Å²) in [7, 11) is 1.61. The molecule has 0 atom stereocenters. The zero-order valence-electron chi connectivity index (χ0n) is 18.5. The van der Waals surface area contributed by atoms with Crippen LogP contribution in [0.3, 0.4) is 0 Å². The van der Waals surface area contributed by atoms with E-state index in [-0.39, 0.29) is 11.9 Å². The highest BCUT2D eigenvalue weighted by Crippen LogP contribution is 2.13. The summed E-state index contributed by atoms with van der Waals surface area (Å²) in [4.78, 5) is 22.0. The molecule has 0 heterocycles. The van der Waals surface area contributed by atoms with Crippen LogP contribution >= 0.6 is 0 Å². The van der Waals surface area contributed by atoms with Crippen molar-refractivity contribution in [3.8, 4) is 0 Å². The van der Waals surface area contributed by atoms with Gasteiger partial charge in [0.25, 0.3) is 0 Å². The van der Waals surface area contributed by atoms with Gasteiger partial charge in [0, 0.05) is 20.5 Å². The van der Waals surface area contributed by atoms with Gasteiger partial charge in [0.2, 0.25) is 0 Å². The van der Waals surface area contributed by atoms with E-state index in [1.807, 2.05) is 0 Å². The fraction of sp³-hybridized carbons (Fsp3) is 0.913. The van der Waals surface area contributed by atoms with Crippen molar-refractivity contribution >= 4 is 11.9 Å². The van der Waals surface area contributed by atoms with E-state index in [9.17, 15) is 9.59 Å². The summed E-state index contributed by atoms with van der Waals surface area (Å²) in [5, 5.41) is 0. The predicted octanol–water partition coefficient (Wildman–Crippen LogP) is 5.98. The molecule has 0 bridgehead atoms. The van der Waals surface area contributed by atoms with Crippen molar-refractivity contribution < 1.29 is 23.8 Å². The summed E-state index contributed by atoms with van der Waals surface area (Å²) >= 11 is 0. The van der Waals surface area contributed by atoms with E-state index >= 15 is 0 Å². The van der Waals surface area contributed by atoms with E-state index in [4.69, 9.17) is 14.2 Å². The van der Waals surface area contributed by atoms with Crippen molar-refractivity contribution in [3.05, 3.63) is 0 Å². The number of carbonyl (C=O) groups excluding carboxylic acids is 2. The summed E-state index contributed by atoms with van der Waals surface area (Å²) in [6.45, 7) is 2.89. The Morgan fingerprint density at radius 3 is 1.39 bits per heavy atom. The van der Waals surface area contributed by atoms with Crippen molar-refractivity contribution in [2.24, 2.45) is 0 Å². The number of hydrogen-bond acceptors (Lipinski definition) is 5. The minimum atomic E-state index is -0.170. The van der Waals surface area contributed by atoms with E-state index in [0.29, 0.717) is 26.2 Å². The second-order valence-corrected chi connectivity index (χ2v) is 7.61. The molecule has 0 spiro atoms. The van der Waals surface area contributed by atoms with Gasteiger partial charge in [-0.15, -0.1) is 0 Å². The number of esters is 2. The van der Waals surface area contributed by atoms with Crippen LogP contribution < -0.4 is 0 Å². The van der Waals surface area contributed by atoms with Crippen LogP contribution in [0.5, 0.6) is 0 Å². The van der Waals surface area contributed by atoms with Crippen LogP contribution in [0.1, 0.15) is 110 Å². The van der Waals surface area contributed by atoms with Gasteiger partial charge in [0.05, 0.1) is 13.2 Å². The molecule has 28 heavy (non-hydrogen) atoms. The van der Waals surface area contributed by atoms with Crippen LogP contribution in [0.25, 0.3) is 0 Å². The largest absolute Gasteiger partial charge is 0.466 e. The van der Waals surface area contributed by atoms with Gasteiger partial charge in [-0.25, -0.2) is 0 Å². The van der Waals surface area contributed by atoms with E-state index in [1.165, 1.54) is 84.0 Å². The van der Waals surface area contributed by atoms with Crippen molar-refractivity contribution in [2.45, 2.75) is 110 Å². The fourth-order valence-electron chi connectivity index (χ4n) is 3.20. The molecule has 0 unspecified atom stereocenters. The first-order valence-corrected chi connectivity index (χ1v) is 11.4. The molecule has 166 valence electrons. The highest BCUT2D eigenvalue weighted by Gasteiger charge is 2.02. The fourth-order valence-corrected chi connectivity index (χ4v) is 3.20. The molecular weight excluding hydrogens is 356 g/mol. The number of ether oxygens (including phenoxy) is 3. The lowest BCUT2D eigenvalue weighted by Gasteiger charge is -2.05. The molecule has 0 aliphatic rings. The summed E-state index contributed by atoms with van der Waals surface area (Å²) in [6.07, 6.45) is 19.3. The zero-order valence-corrected chi connectivity index (χ0v) is 18.5. The Balaban J connectivity index is 3.08. The molecule has 0 aromatic rings. The molecule has 0 N–H and O–H groups in total. The molecule has 0 saturated carbocycles. The average Bonchev–Trinajstić information content (AvgIpc) is 2.67. The molecule has 0 aromatic heterocycles. The smallest absolute Gasteiger partial charge is 0.305 e. The van der Waals surface area contributed by atoms with Crippen LogP contribution in [0.15, 0.2) is 0 Å². The Morgan fingerprint density at radius 2 is 0.964 bits per heavy atom. The lowest BCUT2D eigenvalue weighted by molar-refractivity contribution is -0.145. The second-order valence-electron chi connectivity index (χ2n) is 7.61. The Labute approximate surface area is 172 Å². The molecule has 0 fully saturated rings. The third kappa shape index (κ3) is 22.9. The summed E-state index contributed by atoms with van der Waals surface area (Å²) in [5.74, 6) is -0.268. The first-order valence-electron chi connectivity index (χ1n) is 11.4. The lowest BCUT2D eigenvalue weighted by atomic mass is 10.0.